The maximum atomic E-state index is 11.8. The zero-order chi connectivity index (χ0) is 27.0. The van der Waals surface area contributed by atoms with Gasteiger partial charge in [0.2, 0.25) is 0 Å². The van der Waals surface area contributed by atoms with E-state index in [4.69, 9.17) is 9.47 Å². The number of hydrogen-bond acceptors (Lipinski definition) is 12. The molecule has 12 heteroatoms. The first-order valence-electron chi connectivity index (χ1n) is 11.7. The number of aliphatic hydroxyl groups excluding tert-OH is 1. The van der Waals surface area contributed by atoms with E-state index in [1.807, 2.05) is 41.5 Å². The number of hydrogen-bond donors (Lipinski definition) is 3. The minimum atomic E-state index is -0.756. The molecule has 198 valence electrons. The molecular weight excluding hydrogens is 492 g/mol. The van der Waals surface area contributed by atoms with Crippen LogP contribution in [0.15, 0.2) is 0 Å². The Labute approximate surface area is 215 Å². The summed E-state index contributed by atoms with van der Waals surface area (Å²) in [6, 6.07) is 0. The number of aliphatic hydroxyl groups is 1. The number of nitrogens with one attached hydrogen (secondary N) is 2. The maximum absolute atomic E-state index is 11.8. The van der Waals surface area contributed by atoms with Crippen molar-refractivity contribution >= 4 is 51.2 Å². The normalized spacial score (nSPS) is 10.8. The summed E-state index contributed by atoms with van der Waals surface area (Å²) in [5, 5.41) is 17.3. The lowest BCUT2D eigenvalue weighted by Crippen LogP contribution is -2.12. The molecular formula is C23H38N4O6S2. The summed E-state index contributed by atoms with van der Waals surface area (Å²) in [6.07, 6.45) is -0.197. The fraction of sp³-hybridized carbons (Fsp3) is 0.609. The van der Waals surface area contributed by atoms with Gasteiger partial charge < -0.3 is 25.2 Å². The average molecular weight is 531 g/mol. The summed E-state index contributed by atoms with van der Waals surface area (Å²) in [6.45, 7) is 17.1. The molecule has 0 aliphatic carbocycles. The van der Waals surface area contributed by atoms with E-state index in [1.54, 1.807) is 13.8 Å². The number of esters is 2. The summed E-state index contributed by atoms with van der Waals surface area (Å²) < 4.78 is 9.79. The Hall–Kier alpha value is -2.57. The van der Waals surface area contributed by atoms with Crippen molar-refractivity contribution in [3.8, 4) is 0 Å². The van der Waals surface area contributed by atoms with Crippen LogP contribution in [0.5, 0.6) is 0 Å². The Morgan fingerprint density at radius 2 is 1.37 bits per heavy atom. The van der Waals surface area contributed by atoms with Gasteiger partial charge in [0, 0.05) is 13.1 Å². The molecule has 0 aliphatic heterocycles. The number of carbonyl (C=O) groups excluding carboxylic acids is 3. The van der Waals surface area contributed by atoms with Crippen molar-refractivity contribution in [1.82, 2.24) is 9.97 Å². The molecule has 2 heterocycles. The van der Waals surface area contributed by atoms with Crippen molar-refractivity contribution in [3.63, 3.8) is 0 Å². The van der Waals surface area contributed by atoms with Crippen LogP contribution in [0.25, 0.3) is 0 Å². The molecule has 0 saturated heterocycles. The lowest BCUT2D eigenvalue weighted by atomic mass is 10.0. The number of rotatable bonds is 11. The number of ether oxygens (including phenoxy) is 2. The summed E-state index contributed by atoms with van der Waals surface area (Å²) in [5.41, 5.74) is 0.541. The molecule has 0 spiro atoms. The molecule has 0 amide bonds. The van der Waals surface area contributed by atoms with Crippen molar-refractivity contribution < 1.29 is 29.0 Å². The highest BCUT2D eigenvalue weighted by Gasteiger charge is 2.26. The Balaban J connectivity index is 0.000000625. The fourth-order valence-corrected chi connectivity index (χ4v) is 4.26. The molecule has 2 rings (SSSR count). The van der Waals surface area contributed by atoms with Crippen molar-refractivity contribution in [2.75, 3.05) is 36.9 Å². The predicted molar refractivity (Wildman–Crippen MR) is 141 cm³/mol. The summed E-state index contributed by atoms with van der Waals surface area (Å²) in [7, 11) is 0. The third-order valence-electron chi connectivity index (χ3n) is 3.91. The second-order valence-electron chi connectivity index (χ2n) is 6.78. The first kappa shape index (κ1) is 32.4. The Morgan fingerprint density at radius 3 is 1.80 bits per heavy atom. The molecule has 1 atom stereocenters. The van der Waals surface area contributed by atoms with Gasteiger partial charge in [0.1, 0.15) is 21.6 Å². The lowest BCUT2D eigenvalue weighted by Gasteiger charge is -2.13. The van der Waals surface area contributed by atoms with Crippen LogP contribution in [0.4, 0.5) is 10.3 Å². The van der Waals surface area contributed by atoms with Crippen LogP contribution in [0.1, 0.15) is 97.0 Å². The quantitative estimate of drug-likeness (QED) is 0.268. The second kappa shape index (κ2) is 17.8. The summed E-state index contributed by atoms with van der Waals surface area (Å²) in [4.78, 5) is 42.8. The molecule has 0 bridgehead atoms. The molecule has 10 nitrogen and oxygen atoms in total. The zero-order valence-corrected chi connectivity index (χ0v) is 23.4. The van der Waals surface area contributed by atoms with Crippen LogP contribution < -0.4 is 10.6 Å². The molecule has 3 N–H and O–H groups in total. The zero-order valence-electron chi connectivity index (χ0n) is 21.8. The van der Waals surface area contributed by atoms with E-state index in [1.165, 1.54) is 11.3 Å². The van der Waals surface area contributed by atoms with Gasteiger partial charge in [-0.15, -0.1) is 0 Å². The van der Waals surface area contributed by atoms with E-state index >= 15 is 0 Å². The van der Waals surface area contributed by atoms with Crippen molar-refractivity contribution in [3.05, 3.63) is 21.1 Å². The standard InChI is InChI=1S/C12H20N2O3S.C9H12N2O3S.C2H6/c1-5-13-12-14-8(9(15)7(3)4)10(18-12)11(16)17-6-2;1-3-10-9-11-6(5-12)7(15-9)8(13)14-4-2;1-2/h7,9,15H,5-6H2,1-4H3,(H,13,14);5H,3-4H2,1-2H3,(H,10,11);1-2H3. The first-order valence-corrected chi connectivity index (χ1v) is 13.3. The van der Waals surface area contributed by atoms with Gasteiger partial charge in [0.25, 0.3) is 0 Å². The highest BCUT2D eigenvalue weighted by Crippen LogP contribution is 2.31. The molecule has 2 aromatic heterocycles. The SMILES string of the molecule is CC.CCNc1nc(C(O)C(C)C)c(C(=O)OCC)s1.CCNc1nc(C=O)c(C(=O)OCC)s1. The van der Waals surface area contributed by atoms with Gasteiger partial charge >= 0.3 is 11.9 Å². The van der Waals surface area contributed by atoms with Gasteiger partial charge in [0.15, 0.2) is 16.5 Å². The number of nitrogens with zero attached hydrogens (tertiary/aromatic N) is 2. The van der Waals surface area contributed by atoms with Crippen LogP contribution in [0.2, 0.25) is 0 Å². The van der Waals surface area contributed by atoms with Crippen LogP contribution in [-0.4, -0.2) is 59.6 Å². The van der Waals surface area contributed by atoms with E-state index in [9.17, 15) is 19.5 Å². The average Bonchev–Trinajstić information content (AvgIpc) is 3.45. The fourth-order valence-electron chi connectivity index (χ4n) is 2.40. The number of thiazole rings is 2. The Morgan fingerprint density at radius 1 is 0.914 bits per heavy atom. The van der Waals surface area contributed by atoms with Crippen LogP contribution in [-0.2, 0) is 9.47 Å². The number of aromatic nitrogens is 2. The number of carbonyl (C=O) groups is 3. The van der Waals surface area contributed by atoms with E-state index < -0.39 is 18.0 Å². The molecule has 0 radical (unpaired) electrons. The second-order valence-corrected chi connectivity index (χ2v) is 8.77. The van der Waals surface area contributed by atoms with Crippen molar-refractivity contribution in [2.24, 2.45) is 5.92 Å². The summed E-state index contributed by atoms with van der Waals surface area (Å²) in [5.74, 6) is -0.926. The third kappa shape index (κ3) is 10.3. The van der Waals surface area contributed by atoms with Gasteiger partial charge in [-0.2, -0.15) is 0 Å². The number of aldehydes is 1. The van der Waals surface area contributed by atoms with Crippen molar-refractivity contribution in [2.45, 2.75) is 61.5 Å². The Kier molecular flexibility index (Phi) is 16.5. The topological polar surface area (TPSA) is 140 Å². The minimum Gasteiger partial charge on any atom is -0.462 e. The van der Waals surface area contributed by atoms with Gasteiger partial charge in [-0.05, 0) is 33.6 Å². The van der Waals surface area contributed by atoms with Gasteiger partial charge in [-0.25, -0.2) is 19.6 Å². The largest absolute Gasteiger partial charge is 0.462 e. The van der Waals surface area contributed by atoms with E-state index in [2.05, 4.69) is 20.6 Å². The molecule has 0 aromatic carbocycles. The monoisotopic (exact) mass is 530 g/mol. The minimum absolute atomic E-state index is 0.00486. The summed E-state index contributed by atoms with van der Waals surface area (Å²) >= 11 is 2.35. The van der Waals surface area contributed by atoms with Gasteiger partial charge in [0.05, 0.1) is 18.9 Å². The van der Waals surface area contributed by atoms with E-state index in [-0.39, 0.29) is 23.1 Å². The third-order valence-corrected chi connectivity index (χ3v) is 5.93. The highest BCUT2D eigenvalue weighted by atomic mass is 32.1. The van der Waals surface area contributed by atoms with Crippen LogP contribution >= 0.6 is 22.7 Å². The molecule has 1 unspecified atom stereocenters. The number of anilines is 2. The molecule has 0 fully saturated rings. The predicted octanol–water partition coefficient (Wildman–Crippen LogP) is 5.03. The van der Waals surface area contributed by atoms with E-state index in [0.29, 0.717) is 46.8 Å². The van der Waals surface area contributed by atoms with Gasteiger partial charge in [-0.1, -0.05) is 50.4 Å². The molecule has 0 saturated carbocycles. The smallest absolute Gasteiger partial charge is 0.350 e. The van der Waals surface area contributed by atoms with Crippen LogP contribution in [0.3, 0.4) is 0 Å². The van der Waals surface area contributed by atoms with E-state index in [0.717, 1.165) is 11.3 Å². The molecule has 35 heavy (non-hydrogen) atoms. The first-order chi connectivity index (χ1) is 16.7. The van der Waals surface area contributed by atoms with Crippen molar-refractivity contribution in [1.29, 1.82) is 0 Å². The van der Waals surface area contributed by atoms with Gasteiger partial charge in [-0.3, -0.25) is 4.79 Å². The highest BCUT2D eigenvalue weighted by molar-refractivity contribution is 7.18. The molecule has 2 aromatic rings. The van der Waals surface area contributed by atoms with Crippen LogP contribution in [0, 0.1) is 5.92 Å². The lowest BCUT2D eigenvalue weighted by molar-refractivity contribution is 0.0514. The Bertz CT molecular complexity index is 914. The molecule has 0 aliphatic rings. The maximum Gasteiger partial charge on any atom is 0.350 e.